The second kappa shape index (κ2) is 10.1. The second-order valence-corrected chi connectivity index (χ2v) is 8.64. The van der Waals surface area contributed by atoms with Gasteiger partial charge in [0.15, 0.2) is 0 Å². The fourth-order valence-corrected chi connectivity index (χ4v) is 4.03. The van der Waals surface area contributed by atoms with Crippen molar-refractivity contribution in [3.05, 3.63) is 71.3 Å². The Kier molecular flexibility index (Phi) is 7.00. The van der Waals surface area contributed by atoms with E-state index < -0.39 is 53.8 Å². The van der Waals surface area contributed by atoms with Crippen molar-refractivity contribution < 1.29 is 28.0 Å². The van der Waals surface area contributed by atoms with E-state index in [-0.39, 0.29) is 30.9 Å². The van der Waals surface area contributed by atoms with Crippen LogP contribution in [0.3, 0.4) is 0 Å². The highest BCUT2D eigenvalue weighted by atomic mass is 19.1. The van der Waals surface area contributed by atoms with Crippen LogP contribution in [0.25, 0.3) is 0 Å². The van der Waals surface area contributed by atoms with Crippen LogP contribution in [0.2, 0.25) is 0 Å². The molecule has 1 saturated heterocycles. The van der Waals surface area contributed by atoms with E-state index in [4.69, 9.17) is 0 Å². The summed E-state index contributed by atoms with van der Waals surface area (Å²) in [4.78, 5) is 52.0. The van der Waals surface area contributed by atoms with E-state index in [1.54, 1.807) is 24.3 Å². The van der Waals surface area contributed by atoms with E-state index >= 15 is 0 Å². The van der Waals surface area contributed by atoms with E-state index in [1.165, 1.54) is 6.07 Å². The van der Waals surface area contributed by atoms with Crippen molar-refractivity contribution in [1.82, 2.24) is 15.5 Å². The molecule has 3 amide bonds. The van der Waals surface area contributed by atoms with Gasteiger partial charge >= 0.3 is 0 Å². The lowest BCUT2D eigenvalue weighted by Gasteiger charge is -2.26. The molecule has 2 N–H and O–H groups in total. The second-order valence-electron chi connectivity index (χ2n) is 8.64. The normalized spacial score (nSPS) is 18.5. The van der Waals surface area contributed by atoms with Gasteiger partial charge in [-0.05, 0) is 37.0 Å². The highest BCUT2D eigenvalue weighted by molar-refractivity contribution is 6.38. The van der Waals surface area contributed by atoms with Crippen molar-refractivity contribution in [2.45, 2.75) is 56.8 Å². The molecule has 0 bridgehead atoms. The molecule has 2 aromatic carbocycles. The Hall–Kier alpha value is -3.62. The van der Waals surface area contributed by atoms with E-state index in [0.29, 0.717) is 0 Å². The third-order valence-corrected chi connectivity index (χ3v) is 6.07. The maximum absolute atomic E-state index is 14.1. The lowest BCUT2D eigenvalue weighted by molar-refractivity contribution is -0.141. The van der Waals surface area contributed by atoms with Gasteiger partial charge in [-0.2, -0.15) is 0 Å². The minimum atomic E-state index is -1.14. The standard InChI is InChI=1S/C25H25F2N3O4/c26-18-7-4-8-19(27)17(18)14-30-21(11-12-22(30)31)24(33)29-20(13-15-5-2-1-3-6-15)23(32)25(34)28-16-9-10-16/h1-8,16,20-21H,9-14H2,(H,28,34)(H,29,33)/t20?,21-/m1/s1. The Morgan fingerprint density at radius 1 is 0.971 bits per heavy atom. The molecule has 0 radical (unpaired) electrons. The van der Waals surface area contributed by atoms with Gasteiger partial charge < -0.3 is 15.5 Å². The zero-order chi connectivity index (χ0) is 24.2. The highest BCUT2D eigenvalue weighted by Crippen LogP contribution is 2.24. The number of benzene rings is 2. The number of likely N-dealkylation sites (tertiary alicyclic amines) is 1. The van der Waals surface area contributed by atoms with Gasteiger partial charge in [0.2, 0.25) is 17.6 Å². The van der Waals surface area contributed by atoms with Crippen molar-refractivity contribution in [2.75, 3.05) is 0 Å². The number of ketones is 1. The van der Waals surface area contributed by atoms with Crippen molar-refractivity contribution in [3.63, 3.8) is 0 Å². The van der Waals surface area contributed by atoms with Gasteiger partial charge in [0.05, 0.1) is 6.54 Å². The number of rotatable bonds is 9. The molecule has 178 valence electrons. The van der Waals surface area contributed by atoms with Gasteiger partial charge in [-0.15, -0.1) is 0 Å². The number of halogens is 2. The Morgan fingerprint density at radius 3 is 2.29 bits per heavy atom. The average Bonchev–Trinajstić information content (AvgIpc) is 3.56. The molecule has 1 aliphatic carbocycles. The molecule has 2 aromatic rings. The van der Waals surface area contributed by atoms with Crippen LogP contribution in [0.4, 0.5) is 8.78 Å². The molecule has 2 aliphatic rings. The number of hydrogen-bond acceptors (Lipinski definition) is 4. The molecule has 2 fully saturated rings. The minimum absolute atomic E-state index is 0.0249. The fraction of sp³-hybridized carbons (Fsp3) is 0.360. The number of carbonyl (C=O) groups excluding carboxylic acids is 4. The predicted octanol–water partition coefficient (Wildman–Crippen LogP) is 2.03. The van der Waals surface area contributed by atoms with E-state index in [2.05, 4.69) is 10.6 Å². The largest absolute Gasteiger partial charge is 0.347 e. The monoisotopic (exact) mass is 469 g/mol. The molecule has 7 nitrogen and oxygen atoms in total. The Morgan fingerprint density at radius 2 is 1.65 bits per heavy atom. The van der Waals surface area contributed by atoms with Gasteiger partial charge in [-0.3, -0.25) is 19.2 Å². The van der Waals surface area contributed by atoms with Crippen LogP contribution in [0.15, 0.2) is 48.5 Å². The summed E-state index contributed by atoms with van der Waals surface area (Å²) in [5.74, 6) is -4.23. The Bertz CT molecular complexity index is 1080. The van der Waals surface area contributed by atoms with Crippen molar-refractivity contribution in [3.8, 4) is 0 Å². The fourth-order valence-electron chi connectivity index (χ4n) is 4.03. The lowest BCUT2D eigenvalue weighted by Crippen LogP contribution is -2.53. The quantitative estimate of drug-likeness (QED) is 0.550. The topological polar surface area (TPSA) is 95.6 Å². The summed E-state index contributed by atoms with van der Waals surface area (Å²) >= 11 is 0. The number of hydrogen-bond donors (Lipinski definition) is 2. The van der Waals surface area contributed by atoms with Crippen molar-refractivity contribution in [2.24, 2.45) is 0 Å². The van der Waals surface area contributed by atoms with Gasteiger partial charge in [0, 0.05) is 24.4 Å². The van der Waals surface area contributed by atoms with E-state index in [0.717, 1.165) is 35.4 Å². The average molecular weight is 469 g/mol. The van der Waals surface area contributed by atoms with Gasteiger partial charge in [-0.1, -0.05) is 36.4 Å². The maximum atomic E-state index is 14.1. The SMILES string of the molecule is O=C(NC1CC1)C(=O)C(Cc1ccccc1)NC(=O)[C@H]1CCC(=O)N1Cc1c(F)cccc1F. The first-order valence-corrected chi connectivity index (χ1v) is 11.2. The smallest absolute Gasteiger partial charge is 0.289 e. The van der Waals surface area contributed by atoms with Gasteiger partial charge in [-0.25, -0.2) is 8.78 Å². The Labute approximate surface area is 195 Å². The molecule has 0 aromatic heterocycles. The first kappa shape index (κ1) is 23.5. The summed E-state index contributed by atoms with van der Waals surface area (Å²) in [6.07, 6.45) is 1.88. The number of Topliss-reactive ketones (excluding diaryl/α,β-unsaturated/α-hetero) is 1. The van der Waals surface area contributed by atoms with Crippen LogP contribution in [-0.2, 0) is 32.1 Å². The maximum Gasteiger partial charge on any atom is 0.289 e. The van der Waals surface area contributed by atoms with Crippen LogP contribution in [0, 0.1) is 11.6 Å². The minimum Gasteiger partial charge on any atom is -0.347 e. The zero-order valence-corrected chi connectivity index (χ0v) is 18.4. The molecule has 1 saturated carbocycles. The Balaban J connectivity index is 1.51. The molecule has 34 heavy (non-hydrogen) atoms. The third-order valence-electron chi connectivity index (χ3n) is 6.07. The lowest BCUT2D eigenvalue weighted by atomic mass is 10.0. The predicted molar refractivity (Wildman–Crippen MR) is 118 cm³/mol. The third kappa shape index (κ3) is 5.47. The summed E-state index contributed by atoms with van der Waals surface area (Å²) in [6, 6.07) is 10.1. The first-order chi connectivity index (χ1) is 16.3. The van der Waals surface area contributed by atoms with Crippen LogP contribution in [0.1, 0.15) is 36.8 Å². The highest BCUT2D eigenvalue weighted by Gasteiger charge is 2.39. The van der Waals surface area contributed by atoms with E-state index in [9.17, 15) is 28.0 Å². The summed E-state index contributed by atoms with van der Waals surface area (Å²) < 4.78 is 28.3. The number of amides is 3. The molecular weight excluding hydrogens is 444 g/mol. The van der Waals surface area contributed by atoms with Gasteiger partial charge in [0.1, 0.15) is 23.7 Å². The zero-order valence-electron chi connectivity index (χ0n) is 18.4. The molecule has 1 aliphatic heterocycles. The molecule has 0 spiro atoms. The van der Waals surface area contributed by atoms with E-state index in [1.807, 2.05) is 6.07 Å². The molecule has 4 rings (SSSR count). The van der Waals surface area contributed by atoms with Crippen LogP contribution in [0.5, 0.6) is 0 Å². The molecule has 1 heterocycles. The van der Waals surface area contributed by atoms with Crippen molar-refractivity contribution >= 4 is 23.5 Å². The van der Waals surface area contributed by atoms with Crippen molar-refractivity contribution in [1.29, 1.82) is 0 Å². The number of nitrogens with one attached hydrogen (secondary N) is 2. The number of carbonyl (C=O) groups is 4. The number of nitrogens with zero attached hydrogens (tertiary/aromatic N) is 1. The summed E-state index contributed by atoms with van der Waals surface area (Å²) in [7, 11) is 0. The first-order valence-electron chi connectivity index (χ1n) is 11.2. The molecule has 9 heteroatoms. The molecular formula is C25H25F2N3O4. The van der Waals surface area contributed by atoms with Crippen LogP contribution >= 0.6 is 0 Å². The summed E-state index contributed by atoms with van der Waals surface area (Å²) in [5.41, 5.74) is 0.435. The van der Waals surface area contributed by atoms with Crippen LogP contribution < -0.4 is 10.6 Å². The van der Waals surface area contributed by atoms with Crippen LogP contribution in [-0.4, -0.2) is 46.5 Å². The molecule has 1 unspecified atom stereocenters. The summed E-state index contributed by atoms with van der Waals surface area (Å²) in [5, 5.41) is 5.25. The summed E-state index contributed by atoms with van der Waals surface area (Å²) in [6.45, 7) is -0.408. The molecule has 2 atom stereocenters. The van der Waals surface area contributed by atoms with Gasteiger partial charge in [0.25, 0.3) is 5.91 Å².